The smallest absolute Gasteiger partial charge is 0.337 e. The molecule has 4 aliphatic heterocycles. The molecule has 4 unspecified atom stereocenters. The van der Waals surface area contributed by atoms with E-state index in [9.17, 15) is 4.79 Å². The van der Waals surface area contributed by atoms with Crippen LogP contribution in [0.15, 0.2) is 71.0 Å². The Balaban J connectivity index is 1.55. The highest BCUT2D eigenvalue weighted by Gasteiger charge is 2.45. The minimum atomic E-state index is -0.283. The van der Waals surface area contributed by atoms with Crippen LogP contribution in [0.5, 0.6) is 0 Å². The molecule has 0 bridgehead atoms. The van der Waals surface area contributed by atoms with Gasteiger partial charge in [-0.15, -0.1) is 0 Å². The molecule has 1 fully saturated rings. The number of nitrogens with zero attached hydrogens (tertiary/aromatic N) is 1. The fourth-order valence-corrected chi connectivity index (χ4v) is 4.73. The van der Waals surface area contributed by atoms with Gasteiger partial charge in [0, 0.05) is 35.9 Å². The Morgan fingerprint density at radius 3 is 3.08 bits per heavy atom. The number of piperidine rings is 1. The van der Waals surface area contributed by atoms with Gasteiger partial charge in [-0.1, -0.05) is 24.3 Å². The van der Waals surface area contributed by atoms with Gasteiger partial charge in [-0.05, 0) is 25.0 Å². The first-order valence-corrected chi connectivity index (χ1v) is 9.15. The molecule has 0 aromatic heterocycles. The highest BCUT2D eigenvalue weighted by atomic mass is 16.5. The largest absolute Gasteiger partial charge is 0.497 e. The molecule has 1 saturated heterocycles. The van der Waals surface area contributed by atoms with Crippen molar-refractivity contribution >= 4 is 5.97 Å². The van der Waals surface area contributed by atoms with E-state index < -0.39 is 0 Å². The van der Waals surface area contributed by atoms with E-state index >= 15 is 0 Å². The minimum Gasteiger partial charge on any atom is -0.497 e. The average molecular weight is 350 g/mol. The molecule has 5 heteroatoms. The van der Waals surface area contributed by atoms with E-state index in [1.54, 1.807) is 6.26 Å². The molecule has 1 N–H and O–H groups in total. The molecule has 4 heterocycles. The summed E-state index contributed by atoms with van der Waals surface area (Å²) in [5.41, 5.74) is 5.70. The fourth-order valence-electron chi connectivity index (χ4n) is 4.73. The summed E-state index contributed by atoms with van der Waals surface area (Å²) in [5, 5.41) is 3.67. The highest BCUT2D eigenvalue weighted by Crippen LogP contribution is 2.45. The van der Waals surface area contributed by atoms with E-state index in [0.717, 1.165) is 13.0 Å². The maximum Gasteiger partial charge on any atom is 0.337 e. The van der Waals surface area contributed by atoms with Gasteiger partial charge in [-0.3, -0.25) is 0 Å². The van der Waals surface area contributed by atoms with Crippen molar-refractivity contribution < 1.29 is 14.3 Å². The lowest BCUT2D eigenvalue weighted by atomic mass is 9.74. The SMILES string of the molecule is COC(=O)C1=COC(C)C2CN3C=CC4=C5C=CC=CC5NC4=C3CC12. The summed E-state index contributed by atoms with van der Waals surface area (Å²) in [6, 6.07) is 0.240. The van der Waals surface area contributed by atoms with Gasteiger partial charge in [0.25, 0.3) is 0 Å². The van der Waals surface area contributed by atoms with Crippen molar-refractivity contribution in [2.45, 2.75) is 25.5 Å². The average Bonchev–Trinajstić information content (AvgIpc) is 3.06. The van der Waals surface area contributed by atoms with E-state index in [1.165, 1.54) is 29.7 Å². The van der Waals surface area contributed by atoms with Crippen molar-refractivity contribution in [3.8, 4) is 0 Å². The van der Waals surface area contributed by atoms with E-state index in [-0.39, 0.29) is 30.0 Å². The Labute approximate surface area is 153 Å². The Morgan fingerprint density at radius 1 is 1.35 bits per heavy atom. The Hall–Kier alpha value is -2.69. The normalized spacial score (nSPS) is 33.6. The van der Waals surface area contributed by atoms with Crippen LogP contribution in [0.3, 0.4) is 0 Å². The van der Waals surface area contributed by atoms with Gasteiger partial charge in [0.05, 0.1) is 30.7 Å². The van der Waals surface area contributed by atoms with E-state index in [4.69, 9.17) is 9.47 Å². The van der Waals surface area contributed by atoms with Crippen molar-refractivity contribution in [1.82, 2.24) is 10.2 Å². The molecule has 5 nitrogen and oxygen atoms in total. The number of fused-ring (bicyclic) bond motifs is 4. The third kappa shape index (κ3) is 2.13. The van der Waals surface area contributed by atoms with Gasteiger partial charge in [-0.2, -0.15) is 0 Å². The van der Waals surface area contributed by atoms with Crippen molar-refractivity contribution in [3.05, 3.63) is 71.0 Å². The number of esters is 1. The molecule has 0 spiro atoms. The number of carbonyl (C=O) groups is 1. The van der Waals surface area contributed by atoms with Crippen LogP contribution in [0.2, 0.25) is 0 Å². The number of allylic oxidation sites excluding steroid dienone is 4. The first kappa shape index (κ1) is 15.6. The Bertz CT molecular complexity index is 858. The summed E-state index contributed by atoms with van der Waals surface area (Å²) in [7, 11) is 1.43. The number of rotatable bonds is 1. The summed E-state index contributed by atoms with van der Waals surface area (Å²) in [5.74, 6) is 0.105. The number of carbonyl (C=O) groups excluding carboxylic acids is 1. The van der Waals surface area contributed by atoms with Gasteiger partial charge in [0.15, 0.2) is 0 Å². The van der Waals surface area contributed by atoms with E-state index in [2.05, 4.69) is 53.7 Å². The Kier molecular flexibility index (Phi) is 3.39. The molecule has 0 aromatic carbocycles. The standard InChI is InChI=1S/C21H22N2O3/c1-12-16-10-23-8-7-14-13-5-3-4-6-18(13)22-20(14)19(23)9-15(16)17(11-26-12)21(24)25-2/h3-8,11-12,15-16,18,22H,9-10H2,1-2H3. The molecule has 134 valence electrons. The molecule has 0 aromatic rings. The number of hydrogen-bond acceptors (Lipinski definition) is 5. The number of nitrogens with one attached hydrogen (secondary N) is 1. The molecule has 0 amide bonds. The molecule has 5 aliphatic rings. The van der Waals surface area contributed by atoms with Crippen LogP contribution in [0.4, 0.5) is 0 Å². The molecule has 26 heavy (non-hydrogen) atoms. The highest BCUT2D eigenvalue weighted by molar-refractivity contribution is 5.89. The van der Waals surface area contributed by atoms with E-state index in [0.29, 0.717) is 5.57 Å². The van der Waals surface area contributed by atoms with Crippen LogP contribution in [-0.4, -0.2) is 36.7 Å². The minimum absolute atomic E-state index is 0.0816. The van der Waals surface area contributed by atoms with Crippen molar-refractivity contribution in [1.29, 1.82) is 0 Å². The third-order valence-corrected chi connectivity index (χ3v) is 6.13. The zero-order valence-electron chi connectivity index (χ0n) is 14.9. The lowest BCUT2D eigenvalue weighted by Crippen LogP contribution is -2.47. The van der Waals surface area contributed by atoms with Crippen LogP contribution in [0, 0.1) is 11.8 Å². The van der Waals surface area contributed by atoms with Gasteiger partial charge in [-0.25, -0.2) is 4.79 Å². The quantitative estimate of drug-likeness (QED) is 0.737. The third-order valence-electron chi connectivity index (χ3n) is 6.13. The molecule has 0 radical (unpaired) electrons. The van der Waals surface area contributed by atoms with Crippen LogP contribution in [0.25, 0.3) is 0 Å². The molecule has 4 atom stereocenters. The summed E-state index contributed by atoms with van der Waals surface area (Å²) in [6.45, 7) is 2.93. The molecular weight excluding hydrogens is 328 g/mol. The van der Waals surface area contributed by atoms with Crippen molar-refractivity contribution in [2.24, 2.45) is 11.8 Å². The van der Waals surface area contributed by atoms with Gasteiger partial charge < -0.3 is 19.7 Å². The van der Waals surface area contributed by atoms with Crippen molar-refractivity contribution in [2.75, 3.05) is 13.7 Å². The predicted molar refractivity (Wildman–Crippen MR) is 97.3 cm³/mol. The number of methoxy groups -OCH3 is 1. The summed E-state index contributed by atoms with van der Waals surface area (Å²) in [4.78, 5) is 14.6. The summed E-state index contributed by atoms with van der Waals surface area (Å²) < 4.78 is 10.8. The summed E-state index contributed by atoms with van der Waals surface area (Å²) in [6.07, 6.45) is 15.4. The molecule has 5 rings (SSSR count). The first-order chi connectivity index (χ1) is 12.7. The second-order valence-electron chi connectivity index (χ2n) is 7.41. The van der Waals surface area contributed by atoms with Gasteiger partial charge in [0.2, 0.25) is 0 Å². The molecule has 1 aliphatic carbocycles. The van der Waals surface area contributed by atoms with Crippen LogP contribution >= 0.6 is 0 Å². The first-order valence-electron chi connectivity index (χ1n) is 9.15. The van der Waals surface area contributed by atoms with Crippen molar-refractivity contribution in [3.63, 3.8) is 0 Å². The lowest BCUT2D eigenvalue weighted by Gasteiger charge is -2.46. The monoisotopic (exact) mass is 350 g/mol. The molecular formula is C21H22N2O3. The lowest BCUT2D eigenvalue weighted by molar-refractivity contribution is -0.138. The second-order valence-corrected chi connectivity index (χ2v) is 7.41. The van der Waals surface area contributed by atoms with Crippen LogP contribution < -0.4 is 5.32 Å². The predicted octanol–water partition coefficient (Wildman–Crippen LogP) is 2.53. The number of hydrogen-bond donors (Lipinski definition) is 1. The van der Waals surface area contributed by atoms with E-state index in [1.807, 2.05) is 0 Å². The topological polar surface area (TPSA) is 50.8 Å². The van der Waals surface area contributed by atoms with Crippen LogP contribution in [0.1, 0.15) is 13.3 Å². The Morgan fingerprint density at radius 2 is 2.23 bits per heavy atom. The zero-order chi connectivity index (χ0) is 17.8. The van der Waals surface area contributed by atoms with Gasteiger partial charge >= 0.3 is 5.97 Å². The maximum atomic E-state index is 12.3. The van der Waals surface area contributed by atoms with Gasteiger partial charge in [0.1, 0.15) is 6.10 Å². The second kappa shape index (κ2) is 5.66. The molecule has 0 saturated carbocycles. The summed E-state index contributed by atoms with van der Waals surface area (Å²) >= 11 is 0. The van der Waals surface area contributed by atoms with Crippen LogP contribution in [-0.2, 0) is 14.3 Å². The fraction of sp³-hybridized carbons (Fsp3) is 0.381. The number of ether oxygens (including phenoxy) is 2. The maximum absolute atomic E-state index is 12.3. The zero-order valence-corrected chi connectivity index (χ0v) is 14.9.